The van der Waals surface area contributed by atoms with Crippen molar-refractivity contribution in [2.75, 3.05) is 17.3 Å². The van der Waals surface area contributed by atoms with Crippen LogP contribution in [0.3, 0.4) is 0 Å². The first-order valence-corrected chi connectivity index (χ1v) is 8.41. The molecule has 0 bridgehead atoms. The molecule has 1 N–H and O–H groups in total. The Morgan fingerprint density at radius 3 is 1.67 bits per heavy atom. The Labute approximate surface area is 129 Å². The Morgan fingerprint density at radius 2 is 1.47 bits per heavy atom. The van der Waals surface area contributed by atoms with Crippen LogP contribution in [-0.4, -0.2) is 59.9 Å². The molecule has 0 aromatic rings. The van der Waals surface area contributed by atoms with Gasteiger partial charge in [-0.05, 0) is 19.3 Å². The van der Waals surface area contributed by atoms with E-state index in [1.54, 1.807) is 0 Å². The first-order chi connectivity index (χ1) is 6.60. The molecule has 0 spiro atoms. The molecule has 0 aliphatic carbocycles. The smallest absolute Gasteiger partial charge is 1.00 e. The first kappa shape index (κ1) is 19.0. The van der Waals surface area contributed by atoms with E-state index in [4.69, 9.17) is 8.86 Å². The maximum Gasteiger partial charge on any atom is 2.00 e. The third kappa shape index (κ3) is 8.37. The number of rotatable bonds is 8. The molecule has 3 nitrogen and oxygen atoms in total. The molecule has 0 rings (SSSR count). The van der Waals surface area contributed by atoms with E-state index in [2.05, 4.69) is 20.8 Å². The second kappa shape index (κ2) is 10.8. The standard InChI is InChI=1S/C9H21O3PS.Ca.2H/c1-4-7-14(8-5-2,9-6-3)12-13(10)11;;;/h4-9H2,1-3H3;;;/q;+2;2*-1/p+1. The molecular weight excluding hydrogens is 259 g/mol. The Balaban J connectivity index is -0.000000282. The molecule has 0 radical (unpaired) electrons. The van der Waals surface area contributed by atoms with Crippen molar-refractivity contribution in [1.29, 1.82) is 0 Å². The largest absolute Gasteiger partial charge is 2.00 e. The van der Waals surface area contributed by atoms with Crippen LogP contribution in [-0.2, 0) is 8.54 Å². The van der Waals surface area contributed by atoms with Crippen LogP contribution in [0.15, 0.2) is 0 Å². The van der Waals surface area contributed by atoms with E-state index in [1.165, 1.54) is 0 Å². The summed E-state index contributed by atoms with van der Waals surface area (Å²) in [6.45, 7) is 6.29. The molecule has 0 fully saturated rings. The molecule has 0 amide bonds. The Morgan fingerprint density at radius 1 is 1.13 bits per heavy atom. The third-order valence-corrected chi connectivity index (χ3v) is 7.18. The molecule has 0 aliphatic rings. The summed E-state index contributed by atoms with van der Waals surface area (Å²) in [7, 11) is -3.72. The monoisotopic (exact) mass is 283 g/mol. The quantitative estimate of drug-likeness (QED) is 0.548. The fourth-order valence-corrected chi connectivity index (χ4v) is 6.49. The minimum absolute atomic E-state index is 0. The van der Waals surface area contributed by atoms with Crippen molar-refractivity contribution >= 4 is 56.3 Å². The average molecular weight is 283 g/mol. The fraction of sp³-hybridized carbons (Fsp3) is 1.00. The summed E-state index contributed by atoms with van der Waals surface area (Å²) < 4.78 is 16.1. The third-order valence-electron chi connectivity index (χ3n) is 1.95. The molecule has 0 aliphatic heterocycles. The molecule has 0 saturated heterocycles. The van der Waals surface area contributed by atoms with Crippen LogP contribution in [0.1, 0.15) is 42.9 Å². The maximum atomic E-state index is 10.8. The summed E-state index contributed by atoms with van der Waals surface area (Å²) in [5.74, 6) is 2.86. The van der Waals surface area contributed by atoms with Gasteiger partial charge in [0.25, 0.3) is 0 Å². The van der Waals surface area contributed by atoms with Gasteiger partial charge in [-0.25, -0.2) is 0 Å². The van der Waals surface area contributed by atoms with Crippen molar-refractivity contribution in [2.24, 2.45) is 0 Å². The van der Waals surface area contributed by atoms with Crippen LogP contribution < -0.4 is 0 Å². The molecule has 15 heavy (non-hydrogen) atoms. The number of hydrogen-bond donors (Lipinski definition) is 1. The summed E-state index contributed by atoms with van der Waals surface area (Å²) in [6, 6.07) is 0. The van der Waals surface area contributed by atoms with Gasteiger partial charge in [-0.3, -0.25) is 0 Å². The molecule has 90 valence electrons. The van der Waals surface area contributed by atoms with Gasteiger partial charge in [0.2, 0.25) is 0 Å². The van der Waals surface area contributed by atoms with E-state index >= 15 is 0 Å². The molecule has 1 atom stereocenters. The van der Waals surface area contributed by atoms with E-state index in [0.717, 1.165) is 36.5 Å². The zero-order valence-corrected chi connectivity index (χ0v) is 14.0. The van der Waals surface area contributed by atoms with Crippen LogP contribution in [0.2, 0.25) is 0 Å². The summed E-state index contributed by atoms with van der Waals surface area (Å²) in [4.78, 5) is 8.88. The van der Waals surface area contributed by atoms with Gasteiger partial charge in [-0.1, -0.05) is 35.1 Å². The molecule has 1 unspecified atom stereocenters. The average Bonchev–Trinajstić information content (AvgIpc) is 2.03. The van der Waals surface area contributed by atoms with Gasteiger partial charge in [-0.2, -0.15) is 0 Å². The van der Waals surface area contributed by atoms with Gasteiger partial charge >= 0.3 is 46.0 Å². The minimum Gasteiger partial charge on any atom is -1.00 e. The Hall–Kier alpha value is 1.63. The summed E-state index contributed by atoms with van der Waals surface area (Å²) >= 11 is 0. The zero-order valence-electron chi connectivity index (χ0n) is 12.1. The van der Waals surface area contributed by atoms with Gasteiger partial charge in [-0.15, -0.1) is 4.89 Å². The van der Waals surface area contributed by atoms with Crippen molar-refractivity contribution in [3.05, 3.63) is 0 Å². The Kier molecular flexibility index (Phi) is 13.6. The summed E-state index contributed by atoms with van der Waals surface area (Å²) in [6.07, 6.45) is 3.08. The van der Waals surface area contributed by atoms with Crippen LogP contribution in [0, 0.1) is 0 Å². The van der Waals surface area contributed by atoms with E-state index in [-0.39, 0.29) is 40.6 Å². The summed E-state index contributed by atoms with van der Waals surface area (Å²) in [5.41, 5.74) is 0. The normalized spacial score (nSPS) is 13.2. The van der Waals surface area contributed by atoms with Crippen LogP contribution in [0.4, 0.5) is 0 Å². The fourth-order valence-electron chi connectivity index (χ4n) is 1.67. The van der Waals surface area contributed by atoms with Crippen molar-refractivity contribution < 1.29 is 16.3 Å². The molecule has 0 heterocycles. The predicted octanol–water partition coefficient (Wildman–Crippen LogP) is 3.45. The molecule has 0 aromatic carbocycles. The van der Waals surface area contributed by atoms with E-state index in [0.29, 0.717) is 0 Å². The van der Waals surface area contributed by atoms with E-state index < -0.39 is 18.6 Å². The summed E-state index contributed by atoms with van der Waals surface area (Å²) in [5, 5.41) is 0. The topological polar surface area (TPSA) is 46.5 Å². The first-order valence-electron chi connectivity index (χ1n) is 5.22. The van der Waals surface area contributed by atoms with Crippen molar-refractivity contribution in [1.82, 2.24) is 0 Å². The molecular formula is C9H24CaO3PS+. The van der Waals surface area contributed by atoms with Crippen LogP contribution in [0.25, 0.3) is 0 Å². The zero-order chi connectivity index (χ0) is 11.0. The van der Waals surface area contributed by atoms with Gasteiger partial charge in [0.15, 0.2) is 0 Å². The van der Waals surface area contributed by atoms with Gasteiger partial charge < -0.3 is 2.85 Å². The van der Waals surface area contributed by atoms with E-state index in [9.17, 15) is 4.57 Å². The number of hydrogen-bond acceptors (Lipinski definition) is 2. The van der Waals surface area contributed by atoms with Gasteiger partial charge in [0.05, 0.1) is 0 Å². The van der Waals surface area contributed by atoms with Crippen molar-refractivity contribution in [2.45, 2.75) is 40.0 Å². The van der Waals surface area contributed by atoms with Crippen molar-refractivity contribution in [3.8, 4) is 0 Å². The molecule has 0 saturated carbocycles. The van der Waals surface area contributed by atoms with Crippen LogP contribution >= 0.6 is 18.6 Å². The van der Waals surface area contributed by atoms with Crippen LogP contribution in [0.5, 0.6) is 0 Å². The minimum atomic E-state index is -2.44. The molecule has 0 aromatic heterocycles. The maximum absolute atomic E-state index is 10.8. The second-order valence-electron chi connectivity index (χ2n) is 3.39. The Bertz CT molecular complexity index is 173. The van der Waals surface area contributed by atoms with Gasteiger partial charge in [0.1, 0.15) is 0 Å². The molecule has 6 heteroatoms. The predicted molar refractivity (Wildman–Crippen MR) is 72.0 cm³/mol. The second-order valence-corrected chi connectivity index (χ2v) is 7.62. The van der Waals surface area contributed by atoms with Gasteiger partial charge in [0, 0.05) is 21.8 Å². The SMILES string of the molecule is CCCS(CCC)(CCC)O[P+](=O)O.[Ca+2].[H-].[H-]. The van der Waals surface area contributed by atoms with Crippen molar-refractivity contribution in [3.63, 3.8) is 0 Å². The van der Waals surface area contributed by atoms with E-state index in [1.807, 2.05) is 0 Å².